The Labute approximate surface area is 118 Å². The Balaban J connectivity index is 2.27. The molecule has 0 saturated carbocycles. The number of hydrogen-bond donors (Lipinski definition) is 2. The normalized spacial score (nSPS) is 10.6. The molecule has 4 nitrogen and oxygen atoms in total. The van der Waals surface area contributed by atoms with E-state index in [0.29, 0.717) is 12.4 Å². The molecule has 0 radical (unpaired) electrons. The number of benzene rings is 1. The maximum Gasteiger partial charge on any atom is 0.159 e. The number of rotatable bonds is 5. The zero-order valence-electron chi connectivity index (χ0n) is 11.8. The van der Waals surface area contributed by atoms with Crippen LogP contribution >= 0.6 is 0 Å². The fraction of sp³-hybridized carbons (Fsp3) is 0.333. The van der Waals surface area contributed by atoms with E-state index in [0.717, 1.165) is 35.6 Å². The van der Waals surface area contributed by atoms with Crippen molar-refractivity contribution in [3.05, 3.63) is 41.5 Å². The molecule has 1 heterocycles. The van der Waals surface area contributed by atoms with Crippen molar-refractivity contribution in [1.29, 1.82) is 0 Å². The Morgan fingerprint density at radius 2 is 1.70 bits per heavy atom. The zero-order chi connectivity index (χ0) is 14.5. The largest absolute Gasteiger partial charge is 0.382 e. The van der Waals surface area contributed by atoms with E-state index in [-0.39, 0.29) is 5.82 Å². The molecule has 0 spiro atoms. The van der Waals surface area contributed by atoms with E-state index in [2.05, 4.69) is 15.3 Å². The summed E-state index contributed by atoms with van der Waals surface area (Å²) >= 11 is 0. The van der Waals surface area contributed by atoms with E-state index in [1.165, 1.54) is 12.1 Å². The topological polar surface area (TPSA) is 63.8 Å². The number of halogens is 1. The van der Waals surface area contributed by atoms with Gasteiger partial charge in [-0.1, -0.05) is 0 Å². The minimum absolute atomic E-state index is 0.262. The van der Waals surface area contributed by atoms with Crippen LogP contribution in [0.15, 0.2) is 24.3 Å². The van der Waals surface area contributed by atoms with Crippen molar-refractivity contribution in [2.45, 2.75) is 20.3 Å². The molecule has 2 rings (SSSR count). The van der Waals surface area contributed by atoms with Crippen molar-refractivity contribution in [1.82, 2.24) is 9.97 Å². The monoisotopic (exact) mass is 274 g/mol. The standard InChI is InChI=1S/C15H19FN4/c1-10-14(18-9-3-8-17)11(2)20-15(19-10)12-4-6-13(16)7-5-12/h4-7,18H,3,8-9,17H2,1-2H3. The molecule has 0 aliphatic heterocycles. The molecule has 20 heavy (non-hydrogen) atoms. The number of aryl methyl sites for hydroxylation is 2. The first kappa shape index (κ1) is 14.4. The second-order valence-corrected chi connectivity index (χ2v) is 4.67. The summed E-state index contributed by atoms with van der Waals surface area (Å²) in [7, 11) is 0. The molecule has 0 bridgehead atoms. The van der Waals surface area contributed by atoms with Crippen LogP contribution in [0.1, 0.15) is 17.8 Å². The number of aromatic nitrogens is 2. The summed E-state index contributed by atoms with van der Waals surface area (Å²) < 4.78 is 12.9. The molecular weight excluding hydrogens is 255 g/mol. The van der Waals surface area contributed by atoms with Crippen LogP contribution < -0.4 is 11.1 Å². The van der Waals surface area contributed by atoms with E-state index >= 15 is 0 Å². The van der Waals surface area contributed by atoms with Crippen LogP contribution in [0.5, 0.6) is 0 Å². The molecule has 1 aromatic carbocycles. The third-order valence-electron chi connectivity index (χ3n) is 3.06. The SMILES string of the molecule is Cc1nc(-c2ccc(F)cc2)nc(C)c1NCCCN. The van der Waals surface area contributed by atoms with Crippen molar-refractivity contribution in [3.63, 3.8) is 0 Å². The lowest BCUT2D eigenvalue weighted by atomic mass is 10.2. The Morgan fingerprint density at radius 1 is 1.10 bits per heavy atom. The van der Waals surface area contributed by atoms with Gasteiger partial charge in [-0.2, -0.15) is 0 Å². The highest BCUT2D eigenvalue weighted by Crippen LogP contribution is 2.22. The first-order valence-electron chi connectivity index (χ1n) is 6.67. The maximum atomic E-state index is 12.9. The molecule has 1 aromatic heterocycles. The molecule has 0 saturated heterocycles. The predicted molar refractivity (Wildman–Crippen MR) is 79.1 cm³/mol. The lowest BCUT2D eigenvalue weighted by Crippen LogP contribution is -2.11. The zero-order valence-corrected chi connectivity index (χ0v) is 11.8. The van der Waals surface area contributed by atoms with Crippen LogP contribution in [-0.2, 0) is 0 Å². The highest BCUT2D eigenvalue weighted by Gasteiger charge is 2.09. The summed E-state index contributed by atoms with van der Waals surface area (Å²) in [5, 5.41) is 3.30. The molecule has 3 N–H and O–H groups in total. The summed E-state index contributed by atoms with van der Waals surface area (Å²) in [4.78, 5) is 8.97. The summed E-state index contributed by atoms with van der Waals surface area (Å²) in [6.45, 7) is 5.33. The molecule has 2 aromatic rings. The summed E-state index contributed by atoms with van der Waals surface area (Å²) in [5.74, 6) is 0.353. The van der Waals surface area contributed by atoms with E-state index < -0.39 is 0 Å². The maximum absolute atomic E-state index is 12.9. The Bertz CT molecular complexity index is 558. The van der Waals surface area contributed by atoms with Gasteiger partial charge in [-0.15, -0.1) is 0 Å². The van der Waals surface area contributed by atoms with E-state index in [1.54, 1.807) is 12.1 Å². The highest BCUT2D eigenvalue weighted by atomic mass is 19.1. The second kappa shape index (κ2) is 6.43. The summed E-state index contributed by atoms with van der Waals surface area (Å²) in [6.07, 6.45) is 0.901. The Hall–Kier alpha value is -2.01. The van der Waals surface area contributed by atoms with Crippen LogP contribution in [0.3, 0.4) is 0 Å². The van der Waals surface area contributed by atoms with Crippen LogP contribution in [0.2, 0.25) is 0 Å². The van der Waals surface area contributed by atoms with Gasteiger partial charge in [0.2, 0.25) is 0 Å². The highest BCUT2D eigenvalue weighted by molar-refractivity contribution is 5.60. The predicted octanol–water partition coefficient (Wildman–Crippen LogP) is 2.66. The van der Waals surface area contributed by atoms with E-state index in [9.17, 15) is 4.39 Å². The number of nitrogens with zero attached hydrogens (tertiary/aromatic N) is 2. The Morgan fingerprint density at radius 3 is 2.25 bits per heavy atom. The number of hydrogen-bond acceptors (Lipinski definition) is 4. The minimum atomic E-state index is -0.262. The van der Waals surface area contributed by atoms with Crippen LogP contribution in [0.25, 0.3) is 11.4 Å². The molecule has 106 valence electrons. The molecular formula is C15H19FN4. The Kier molecular flexibility index (Phi) is 4.63. The van der Waals surface area contributed by atoms with Gasteiger partial charge in [0.25, 0.3) is 0 Å². The molecule has 0 unspecified atom stereocenters. The van der Waals surface area contributed by atoms with Gasteiger partial charge in [-0.05, 0) is 51.1 Å². The van der Waals surface area contributed by atoms with Crippen molar-refractivity contribution < 1.29 is 4.39 Å². The van der Waals surface area contributed by atoms with E-state index in [4.69, 9.17) is 5.73 Å². The van der Waals surface area contributed by atoms with Crippen molar-refractivity contribution in [3.8, 4) is 11.4 Å². The molecule has 0 atom stereocenters. The third kappa shape index (κ3) is 3.30. The number of nitrogens with two attached hydrogens (primary N) is 1. The van der Waals surface area contributed by atoms with Crippen molar-refractivity contribution in [2.75, 3.05) is 18.4 Å². The molecule has 0 fully saturated rings. The van der Waals surface area contributed by atoms with Gasteiger partial charge in [0, 0.05) is 12.1 Å². The van der Waals surface area contributed by atoms with Crippen LogP contribution in [0, 0.1) is 19.7 Å². The molecule has 5 heteroatoms. The summed E-state index contributed by atoms with van der Waals surface area (Å²) in [5.41, 5.74) is 9.01. The fourth-order valence-electron chi connectivity index (χ4n) is 2.02. The number of anilines is 1. The van der Waals surface area contributed by atoms with Gasteiger partial charge in [-0.3, -0.25) is 0 Å². The van der Waals surface area contributed by atoms with Crippen LogP contribution in [0.4, 0.5) is 10.1 Å². The van der Waals surface area contributed by atoms with Gasteiger partial charge in [0.05, 0.1) is 17.1 Å². The van der Waals surface area contributed by atoms with Crippen molar-refractivity contribution >= 4 is 5.69 Å². The molecule has 0 aliphatic rings. The van der Waals surface area contributed by atoms with Crippen molar-refractivity contribution in [2.24, 2.45) is 5.73 Å². The fourth-order valence-corrected chi connectivity index (χ4v) is 2.02. The van der Waals surface area contributed by atoms with Gasteiger partial charge >= 0.3 is 0 Å². The average molecular weight is 274 g/mol. The van der Waals surface area contributed by atoms with Gasteiger partial charge in [0.1, 0.15) is 5.82 Å². The number of nitrogens with one attached hydrogen (secondary N) is 1. The van der Waals surface area contributed by atoms with Gasteiger partial charge < -0.3 is 11.1 Å². The van der Waals surface area contributed by atoms with Gasteiger partial charge in [-0.25, -0.2) is 14.4 Å². The first-order chi connectivity index (χ1) is 9.61. The minimum Gasteiger partial charge on any atom is -0.382 e. The lowest BCUT2D eigenvalue weighted by molar-refractivity contribution is 0.628. The van der Waals surface area contributed by atoms with Gasteiger partial charge in [0.15, 0.2) is 5.82 Å². The third-order valence-corrected chi connectivity index (χ3v) is 3.06. The molecule has 0 aliphatic carbocycles. The van der Waals surface area contributed by atoms with Crippen LogP contribution in [-0.4, -0.2) is 23.1 Å². The summed E-state index contributed by atoms with van der Waals surface area (Å²) in [6, 6.07) is 6.20. The van der Waals surface area contributed by atoms with E-state index in [1.807, 2.05) is 13.8 Å². The lowest BCUT2D eigenvalue weighted by Gasteiger charge is -2.12. The quantitative estimate of drug-likeness (QED) is 0.823. The first-order valence-corrected chi connectivity index (χ1v) is 6.67. The average Bonchev–Trinajstić information content (AvgIpc) is 2.42. The smallest absolute Gasteiger partial charge is 0.159 e. The molecule has 0 amide bonds. The second-order valence-electron chi connectivity index (χ2n) is 4.67.